The Morgan fingerprint density at radius 3 is 2.60 bits per heavy atom. The Kier molecular flexibility index (Phi) is 3.39. The highest BCUT2D eigenvalue weighted by Gasteiger charge is 2.13. The minimum absolute atomic E-state index is 0.163. The van der Waals surface area contributed by atoms with E-state index in [1.165, 1.54) is 0 Å². The molecule has 1 aromatic heterocycles. The fourth-order valence-corrected chi connectivity index (χ4v) is 2.43. The van der Waals surface area contributed by atoms with Crippen molar-refractivity contribution >= 4 is 16.7 Å². The third-order valence-corrected chi connectivity index (χ3v) is 3.38. The summed E-state index contributed by atoms with van der Waals surface area (Å²) in [7, 11) is 0. The smallest absolute Gasteiger partial charge is 0.141 e. The van der Waals surface area contributed by atoms with Gasteiger partial charge < -0.3 is 15.4 Å². The minimum atomic E-state index is 0.163. The number of fused-ring (bicyclic) bond motifs is 1. The van der Waals surface area contributed by atoms with Crippen molar-refractivity contribution < 1.29 is 5.11 Å². The Balaban J connectivity index is 2.22. The molecule has 20 heavy (non-hydrogen) atoms. The lowest BCUT2D eigenvalue weighted by molar-refractivity contribution is 0.281. The molecule has 0 aliphatic rings. The molecule has 3 N–H and O–H groups in total. The van der Waals surface area contributed by atoms with Crippen molar-refractivity contribution in [1.82, 2.24) is 9.55 Å². The summed E-state index contributed by atoms with van der Waals surface area (Å²) in [6.07, 6.45) is 0.695. The van der Waals surface area contributed by atoms with Crippen molar-refractivity contribution in [3.8, 4) is 11.4 Å². The van der Waals surface area contributed by atoms with Crippen LogP contribution in [0.25, 0.3) is 22.4 Å². The van der Waals surface area contributed by atoms with Gasteiger partial charge in [-0.1, -0.05) is 36.4 Å². The van der Waals surface area contributed by atoms with E-state index in [0.29, 0.717) is 12.1 Å². The van der Waals surface area contributed by atoms with Gasteiger partial charge in [-0.3, -0.25) is 0 Å². The van der Waals surface area contributed by atoms with Crippen LogP contribution in [0.2, 0.25) is 0 Å². The number of hydrogen-bond donors (Lipinski definition) is 2. The van der Waals surface area contributed by atoms with Crippen LogP contribution in [-0.2, 0) is 6.54 Å². The van der Waals surface area contributed by atoms with Crippen molar-refractivity contribution in [2.75, 3.05) is 12.3 Å². The Labute approximate surface area is 117 Å². The fraction of sp³-hybridized carbons (Fsp3) is 0.188. The zero-order valence-electron chi connectivity index (χ0n) is 11.2. The van der Waals surface area contributed by atoms with E-state index in [2.05, 4.69) is 4.57 Å². The summed E-state index contributed by atoms with van der Waals surface area (Å²) in [6.45, 7) is 0.886. The Morgan fingerprint density at radius 1 is 1.05 bits per heavy atom. The standard InChI is InChI=1S/C16H17N3O/c17-13-8-4-9-14-15(13)18-16(19(14)10-5-11-20)12-6-2-1-3-7-12/h1-4,6-9,20H,5,10-11,17H2. The summed E-state index contributed by atoms with van der Waals surface area (Å²) in [5.74, 6) is 0.895. The molecule has 0 radical (unpaired) electrons. The highest BCUT2D eigenvalue weighted by atomic mass is 16.3. The van der Waals surface area contributed by atoms with Crippen LogP contribution >= 0.6 is 0 Å². The molecule has 0 aliphatic heterocycles. The van der Waals surface area contributed by atoms with Gasteiger partial charge >= 0.3 is 0 Å². The first-order valence-corrected chi connectivity index (χ1v) is 6.72. The summed E-state index contributed by atoms with van der Waals surface area (Å²) in [6, 6.07) is 15.9. The summed E-state index contributed by atoms with van der Waals surface area (Å²) in [5.41, 5.74) is 9.59. The van der Waals surface area contributed by atoms with Gasteiger partial charge in [0, 0.05) is 18.7 Å². The number of benzene rings is 2. The van der Waals surface area contributed by atoms with E-state index in [4.69, 9.17) is 15.8 Å². The number of imidazole rings is 1. The molecule has 0 aliphatic carbocycles. The molecule has 0 bridgehead atoms. The summed E-state index contributed by atoms with van der Waals surface area (Å²) in [4.78, 5) is 4.69. The highest BCUT2D eigenvalue weighted by Crippen LogP contribution is 2.28. The number of nitrogen functional groups attached to an aromatic ring is 1. The van der Waals surface area contributed by atoms with Gasteiger partial charge in [0.15, 0.2) is 0 Å². The van der Waals surface area contributed by atoms with E-state index >= 15 is 0 Å². The van der Waals surface area contributed by atoms with E-state index in [0.717, 1.165) is 29.0 Å². The van der Waals surface area contributed by atoms with Crippen LogP contribution in [-0.4, -0.2) is 21.3 Å². The van der Waals surface area contributed by atoms with E-state index in [1.54, 1.807) is 0 Å². The molecule has 4 heteroatoms. The second kappa shape index (κ2) is 5.35. The number of rotatable bonds is 4. The second-order valence-corrected chi connectivity index (χ2v) is 4.75. The number of aliphatic hydroxyl groups is 1. The van der Waals surface area contributed by atoms with Gasteiger partial charge in [0.2, 0.25) is 0 Å². The Hall–Kier alpha value is -2.33. The summed E-state index contributed by atoms with van der Waals surface area (Å²) < 4.78 is 2.12. The van der Waals surface area contributed by atoms with Crippen LogP contribution in [0.3, 0.4) is 0 Å². The van der Waals surface area contributed by atoms with Crippen molar-refractivity contribution in [2.45, 2.75) is 13.0 Å². The zero-order valence-corrected chi connectivity index (χ0v) is 11.2. The van der Waals surface area contributed by atoms with Gasteiger partial charge in [-0.2, -0.15) is 0 Å². The molecule has 0 spiro atoms. The van der Waals surface area contributed by atoms with Crippen LogP contribution in [0.15, 0.2) is 48.5 Å². The number of hydrogen-bond acceptors (Lipinski definition) is 3. The van der Waals surface area contributed by atoms with Crippen LogP contribution in [0.1, 0.15) is 6.42 Å². The lowest BCUT2D eigenvalue weighted by Crippen LogP contribution is -2.02. The normalized spacial score (nSPS) is 11.1. The maximum atomic E-state index is 9.09. The average Bonchev–Trinajstić information content (AvgIpc) is 2.86. The molecular weight excluding hydrogens is 250 g/mol. The molecule has 3 aromatic rings. The van der Waals surface area contributed by atoms with Gasteiger partial charge in [0.1, 0.15) is 11.3 Å². The van der Waals surface area contributed by atoms with Crippen LogP contribution in [0.5, 0.6) is 0 Å². The minimum Gasteiger partial charge on any atom is -0.397 e. The maximum Gasteiger partial charge on any atom is 0.141 e. The van der Waals surface area contributed by atoms with Crippen molar-refractivity contribution in [1.29, 1.82) is 0 Å². The first-order valence-electron chi connectivity index (χ1n) is 6.72. The molecule has 3 rings (SSSR count). The second-order valence-electron chi connectivity index (χ2n) is 4.75. The molecule has 0 saturated heterocycles. The number of aryl methyl sites for hydroxylation is 1. The molecule has 0 saturated carbocycles. The number of nitrogens with zero attached hydrogens (tertiary/aromatic N) is 2. The van der Waals surface area contributed by atoms with E-state index < -0.39 is 0 Å². The van der Waals surface area contributed by atoms with Crippen LogP contribution in [0, 0.1) is 0 Å². The van der Waals surface area contributed by atoms with Gasteiger partial charge in [-0.05, 0) is 18.6 Å². The quantitative estimate of drug-likeness (QED) is 0.714. The van der Waals surface area contributed by atoms with Gasteiger partial charge in [0.25, 0.3) is 0 Å². The van der Waals surface area contributed by atoms with Crippen molar-refractivity contribution in [2.24, 2.45) is 0 Å². The van der Waals surface area contributed by atoms with Crippen LogP contribution < -0.4 is 5.73 Å². The molecule has 102 valence electrons. The number of nitrogens with two attached hydrogens (primary N) is 1. The van der Waals surface area contributed by atoms with E-state index in [9.17, 15) is 0 Å². The molecule has 4 nitrogen and oxygen atoms in total. The number of aliphatic hydroxyl groups excluding tert-OH is 1. The number of aromatic nitrogens is 2. The summed E-state index contributed by atoms with van der Waals surface area (Å²) in [5, 5.41) is 9.09. The highest BCUT2D eigenvalue weighted by molar-refractivity contribution is 5.90. The first-order chi connectivity index (χ1) is 9.81. The SMILES string of the molecule is Nc1cccc2c1nc(-c1ccccc1)n2CCCO. The number of anilines is 1. The molecule has 2 aromatic carbocycles. The maximum absolute atomic E-state index is 9.09. The van der Waals surface area contributed by atoms with Gasteiger partial charge in [0.05, 0.1) is 11.2 Å². The third-order valence-electron chi connectivity index (χ3n) is 3.38. The van der Waals surface area contributed by atoms with Crippen LogP contribution in [0.4, 0.5) is 5.69 Å². The van der Waals surface area contributed by atoms with E-state index in [-0.39, 0.29) is 6.61 Å². The Bertz CT molecular complexity index is 719. The van der Waals surface area contributed by atoms with Gasteiger partial charge in [-0.25, -0.2) is 4.98 Å². The fourth-order valence-electron chi connectivity index (χ4n) is 2.43. The third kappa shape index (κ3) is 2.14. The monoisotopic (exact) mass is 267 g/mol. The predicted octanol–water partition coefficient (Wildman–Crippen LogP) is 2.67. The topological polar surface area (TPSA) is 64.1 Å². The largest absolute Gasteiger partial charge is 0.397 e. The molecule has 0 atom stereocenters. The lowest BCUT2D eigenvalue weighted by atomic mass is 10.2. The zero-order chi connectivity index (χ0) is 13.9. The predicted molar refractivity (Wildman–Crippen MR) is 81.3 cm³/mol. The first kappa shape index (κ1) is 12.7. The summed E-state index contributed by atoms with van der Waals surface area (Å²) >= 11 is 0. The molecule has 0 unspecified atom stereocenters. The van der Waals surface area contributed by atoms with E-state index in [1.807, 2.05) is 48.5 Å². The lowest BCUT2D eigenvalue weighted by Gasteiger charge is -2.08. The average molecular weight is 267 g/mol. The molecule has 1 heterocycles. The Morgan fingerprint density at radius 2 is 1.85 bits per heavy atom. The van der Waals surface area contributed by atoms with Gasteiger partial charge in [-0.15, -0.1) is 0 Å². The number of para-hydroxylation sites is 1. The molecule has 0 amide bonds. The molecule has 0 fully saturated rings. The van der Waals surface area contributed by atoms with Crippen molar-refractivity contribution in [3.63, 3.8) is 0 Å². The molecular formula is C16H17N3O. The van der Waals surface area contributed by atoms with Crippen molar-refractivity contribution in [3.05, 3.63) is 48.5 Å².